The van der Waals surface area contributed by atoms with Crippen molar-refractivity contribution in [2.75, 3.05) is 5.32 Å². The molecule has 2 aromatic heterocycles. The first-order chi connectivity index (χ1) is 7.34. The molecule has 0 unspecified atom stereocenters. The summed E-state index contributed by atoms with van der Waals surface area (Å²) in [5.74, 6) is 0.855. The van der Waals surface area contributed by atoms with Crippen LogP contribution in [0.1, 0.15) is 5.56 Å². The van der Waals surface area contributed by atoms with Gasteiger partial charge in [-0.3, -0.25) is 4.98 Å². The van der Waals surface area contributed by atoms with Gasteiger partial charge in [-0.05, 0) is 39.7 Å². The fourth-order valence-electron chi connectivity index (χ4n) is 1.20. The summed E-state index contributed by atoms with van der Waals surface area (Å²) in [4.78, 5) is 8.32. The summed E-state index contributed by atoms with van der Waals surface area (Å²) in [6.45, 7) is 0.733. The van der Waals surface area contributed by atoms with Gasteiger partial charge in [0.05, 0.1) is 0 Å². The van der Waals surface area contributed by atoms with E-state index in [4.69, 9.17) is 0 Å². The normalized spacial score (nSPS) is 9.93. The SMILES string of the molecule is Brc1cccc(NCc2cccnc2)n1. The minimum absolute atomic E-state index is 0.733. The molecular weight excluding hydrogens is 254 g/mol. The minimum atomic E-state index is 0.733. The molecule has 3 nitrogen and oxygen atoms in total. The highest BCUT2D eigenvalue weighted by Gasteiger charge is 1.95. The number of hydrogen-bond donors (Lipinski definition) is 1. The molecule has 0 aromatic carbocycles. The Labute approximate surface area is 96.7 Å². The Bertz CT molecular complexity index is 431. The molecule has 0 aliphatic carbocycles. The molecule has 2 aromatic rings. The maximum absolute atomic E-state index is 4.27. The van der Waals surface area contributed by atoms with E-state index in [0.717, 1.165) is 22.5 Å². The second kappa shape index (κ2) is 4.89. The zero-order valence-electron chi connectivity index (χ0n) is 8.02. The van der Waals surface area contributed by atoms with E-state index in [1.807, 2.05) is 36.5 Å². The quantitative estimate of drug-likeness (QED) is 0.866. The molecule has 0 saturated heterocycles. The topological polar surface area (TPSA) is 37.8 Å². The Morgan fingerprint density at radius 3 is 2.87 bits per heavy atom. The van der Waals surface area contributed by atoms with Crippen molar-refractivity contribution in [2.45, 2.75) is 6.54 Å². The lowest BCUT2D eigenvalue weighted by molar-refractivity contribution is 1.08. The second-order valence-corrected chi connectivity index (χ2v) is 3.87. The number of pyridine rings is 2. The van der Waals surface area contributed by atoms with Crippen LogP contribution in [0.15, 0.2) is 47.3 Å². The maximum atomic E-state index is 4.27. The molecule has 0 aliphatic rings. The lowest BCUT2D eigenvalue weighted by Crippen LogP contribution is -2.01. The van der Waals surface area contributed by atoms with Crippen LogP contribution in [0, 0.1) is 0 Å². The number of rotatable bonds is 3. The average Bonchev–Trinajstić information content (AvgIpc) is 2.28. The van der Waals surface area contributed by atoms with Crippen LogP contribution in [0.3, 0.4) is 0 Å². The third-order valence-electron chi connectivity index (χ3n) is 1.91. The highest BCUT2D eigenvalue weighted by atomic mass is 79.9. The van der Waals surface area contributed by atoms with Crippen molar-refractivity contribution < 1.29 is 0 Å². The van der Waals surface area contributed by atoms with E-state index in [0.29, 0.717) is 0 Å². The van der Waals surface area contributed by atoms with Crippen LogP contribution in [0.5, 0.6) is 0 Å². The summed E-state index contributed by atoms with van der Waals surface area (Å²) in [7, 11) is 0. The van der Waals surface area contributed by atoms with Gasteiger partial charge in [0.15, 0.2) is 0 Å². The molecule has 15 heavy (non-hydrogen) atoms. The van der Waals surface area contributed by atoms with E-state index >= 15 is 0 Å². The molecule has 0 spiro atoms. The van der Waals surface area contributed by atoms with E-state index in [-0.39, 0.29) is 0 Å². The van der Waals surface area contributed by atoms with Gasteiger partial charge in [-0.15, -0.1) is 0 Å². The first-order valence-electron chi connectivity index (χ1n) is 4.60. The smallest absolute Gasteiger partial charge is 0.127 e. The summed E-state index contributed by atoms with van der Waals surface area (Å²) in [6.07, 6.45) is 3.60. The van der Waals surface area contributed by atoms with Crippen molar-refractivity contribution in [3.63, 3.8) is 0 Å². The maximum Gasteiger partial charge on any atom is 0.127 e. The van der Waals surface area contributed by atoms with Crippen molar-refractivity contribution in [3.8, 4) is 0 Å². The van der Waals surface area contributed by atoms with Crippen LogP contribution in [0.4, 0.5) is 5.82 Å². The van der Waals surface area contributed by atoms with Gasteiger partial charge in [0.2, 0.25) is 0 Å². The molecule has 76 valence electrons. The fraction of sp³-hybridized carbons (Fsp3) is 0.0909. The Morgan fingerprint density at radius 1 is 1.20 bits per heavy atom. The zero-order chi connectivity index (χ0) is 10.5. The summed E-state index contributed by atoms with van der Waals surface area (Å²) >= 11 is 3.32. The first kappa shape index (κ1) is 10.1. The Balaban J connectivity index is 1.99. The average molecular weight is 264 g/mol. The zero-order valence-corrected chi connectivity index (χ0v) is 9.61. The van der Waals surface area contributed by atoms with Gasteiger partial charge in [-0.1, -0.05) is 12.1 Å². The number of nitrogens with one attached hydrogen (secondary N) is 1. The summed E-state index contributed by atoms with van der Waals surface area (Å²) in [5.41, 5.74) is 1.14. The van der Waals surface area contributed by atoms with Crippen LogP contribution in [-0.2, 0) is 6.54 Å². The fourth-order valence-corrected chi connectivity index (χ4v) is 1.55. The molecule has 4 heteroatoms. The predicted octanol–water partition coefficient (Wildman–Crippen LogP) is 2.85. The van der Waals surface area contributed by atoms with Gasteiger partial charge in [-0.2, -0.15) is 0 Å². The summed E-state index contributed by atoms with van der Waals surface area (Å²) in [6, 6.07) is 9.72. The lowest BCUT2D eigenvalue weighted by atomic mass is 10.3. The van der Waals surface area contributed by atoms with Crippen LogP contribution in [0.25, 0.3) is 0 Å². The third-order valence-corrected chi connectivity index (χ3v) is 2.35. The van der Waals surface area contributed by atoms with Crippen LogP contribution >= 0.6 is 15.9 Å². The minimum Gasteiger partial charge on any atom is -0.366 e. The number of hydrogen-bond acceptors (Lipinski definition) is 3. The van der Waals surface area contributed by atoms with Gasteiger partial charge in [-0.25, -0.2) is 4.98 Å². The molecule has 0 atom stereocenters. The van der Waals surface area contributed by atoms with E-state index in [1.165, 1.54) is 0 Å². The Morgan fingerprint density at radius 2 is 2.13 bits per heavy atom. The lowest BCUT2D eigenvalue weighted by Gasteiger charge is -2.04. The van der Waals surface area contributed by atoms with Crippen LogP contribution in [-0.4, -0.2) is 9.97 Å². The standard InChI is InChI=1S/C11H10BrN3/c12-10-4-1-5-11(15-10)14-8-9-3-2-6-13-7-9/h1-7H,8H2,(H,14,15). The Hall–Kier alpha value is -1.42. The molecular formula is C11H10BrN3. The van der Waals surface area contributed by atoms with E-state index in [2.05, 4.69) is 31.2 Å². The monoisotopic (exact) mass is 263 g/mol. The largest absolute Gasteiger partial charge is 0.366 e. The van der Waals surface area contributed by atoms with E-state index in [1.54, 1.807) is 6.20 Å². The van der Waals surface area contributed by atoms with Gasteiger partial charge < -0.3 is 5.32 Å². The molecule has 0 radical (unpaired) electrons. The van der Waals surface area contributed by atoms with Crippen molar-refractivity contribution in [1.29, 1.82) is 0 Å². The third kappa shape index (κ3) is 3.02. The number of halogens is 1. The van der Waals surface area contributed by atoms with Crippen molar-refractivity contribution in [3.05, 3.63) is 52.9 Å². The Kier molecular flexibility index (Phi) is 3.29. The van der Waals surface area contributed by atoms with Crippen LogP contribution < -0.4 is 5.32 Å². The van der Waals surface area contributed by atoms with E-state index < -0.39 is 0 Å². The molecule has 1 N–H and O–H groups in total. The molecule has 0 saturated carbocycles. The van der Waals surface area contributed by atoms with Gasteiger partial charge >= 0.3 is 0 Å². The highest BCUT2D eigenvalue weighted by Crippen LogP contribution is 2.10. The molecule has 2 heterocycles. The first-order valence-corrected chi connectivity index (χ1v) is 5.39. The predicted molar refractivity (Wildman–Crippen MR) is 63.5 cm³/mol. The van der Waals surface area contributed by atoms with Crippen molar-refractivity contribution in [2.24, 2.45) is 0 Å². The van der Waals surface area contributed by atoms with Crippen LogP contribution in [0.2, 0.25) is 0 Å². The molecule has 0 aliphatic heterocycles. The van der Waals surface area contributed by atoms with E-state index in [9.17, 15) is 0 Å². The van der Waals surface area contributed by atoms with Crippen molar-refractivity contribution in [1.82, 2.24) is 9.97 Å². The summed E-state index contributed by atoms with van der Waals surface area (Å²) < 4.78 is 0.832. The van der Waals surface area contributed by atoms with Gasteiger partial charge in [0.25, 0.3) is 0 Å². The number of anilines is 1. The molecule has 0 fully saturated rings. The summed E-state index contributed by atoms with van der Waals surface area (Å²) in [5, 5.41) is 3.22. The number of aromatic nitrogens is 2. The molecule has 0 amide bonds. The number of nitrogens with zero attached hydrogens (tertiary/aromatic N) is 2. The molecule has 0 bridgehead atoms. The van der Waals surface area contributed by atoms with Gasteiger partial charge in [0, 0.05) is 18.9 Å². The van der Waals surface area contributed by atoms with Crippen molar-refractivity contribution >= 4 is 21.7 Å². The molecule has 2 rings (SSSR count). The highest BCUT2D eigenvalue weighted by molar-refractivity contribution is 9.10. The van der Waals surface area contributed by atoms with Gasteiger partial charge in [0.1, 0.15) is 10.4 Å². The second-order valence-electron chi connectivity index (χ2n) is 3.06.